The van der Waals surface area contributed by atoms with Crippen LogP contribution in [0.1, 0.15) is 25.0 Å². The number of benzene rings is 5. The first-order valence-electron chi connectivity index (χ1n) is 12.8. The van der Waals surface area contributed by atoms with Gasteiger partial charge in [0.05, 0.1) is 11.2 Å². The van der Waals surface area contributed by atoms with Crippen LogP contribution in [0.3, 0.4) is 0 Å². The quantitative estimate of drug-likeness (QED) is 0.256. The Morgan fingerprint density at radius 2 is 1.14 bits per heavy atom. The summed E-state index contributed by atoms with van der Waals surface area (Å²) in [5.74, 6) is 0.748. The minimum Gasteiger partial charge on any atom is -0.228 e. The maximum absolute atomic E-state index is 5.04. The van der Waals surface area contributed by atoms with E-state index in [1.807, 2.05) is 24.3 Å². The molecule has 0 aliphatic heterocycles. The van der Waals surface area contributed by atoms with E-state index < -0.39 is 0 Å². The van der Waals surface area contributed by atoms with Crippen molar-refractivity contribution in [1.29, 1.82) is 0 Å². The minimum absolute atomic E-state index is 0.00437. The van der Waals surface area contributed by atoms with E-state index in [0.29, 0.717) is 0 Å². The van der Waals surface area contributed by atoms with Gasteiger partial charge >= 0.3 is 0 Å². The Balaban J connectivity index is 1.37. The average molecular weight is 475 g/mol. The van der Waals surface area contributed by atoms with Crippen LogP contribution in [0.25, 0.3) is 55.8 Å². The second-order valence-corrected chi connectivity index (χ2v) is 10.3. The van der Waals surface area contributed by atoms with Gasteiger partial charge in [-0.2, -0.15) is 0 Å². The summed E-state index contributed by atoms with van der Waals surface area (Å²) in [5, 5.41) is 1.06. The van der Waals surface area contributed by atoms with Crippen LogP contribution in [0.2, 0.25) is 0 Å². The number of para-hydroxylation sites is 1. The van der Waals surface area contributed by atoms with Crippen molar-refractivity contribution in [1.82, 2.24) is 9.97 Å². The van der Waals surface area contributed by atoms with Crippen LogP contribution in [0.15, 0.2) is 121 Å². The number of fused-ring (bicyclic) bond motifs is 4. The highest BCUT2D eigenvalue weighted by Crippen LogP contribution is 2.51. The van der Waals surface area contributed by atoms with Crippen molar-refractivity contribution in [3.05, 3.63) is 132 Å². The van der Waals surface area contributed by atoms with Gasteiger partial charge in [-0.1, -0.05) is 129 Å². The number of nitrogens with zero attached hydrogens (tertiary/aromatic N) is 2. The summed E-state index contributed by atoms with van der Waals surface area (Å²) >= 11 is 0. The third-order valence-electron chi connectivity index (χ3n) is 7.71. The molecule has 0 fully saturated rings. The van der Waals surface area contributed by atoms with Gasteiger partial charge in [-0.25, -0.2) is 9.97 Å². The molecule has 0 spiro atoms. The van der Waals surface area contributed by atoms with Crippen molar-refractivity contribution in [3.8, 4) is 44.9 Å². The first-order valence-corrected chi connectivity index (χ1v) is 12.8. The first kappa shape index (κ1) is 21.7. The van der Waals surface area contributed by atoms with Gasteiger partial charge in [-0.05, 0) is 39.4 Å². The Bertz CT molecular complexity index is 1780. The zero-order valence-corrected chi connectivity index (χ0v) is 20.9. The average Bonchev–Trinajstić information content (AvgIpc) is 3.20. The van der Waals surface area contributed by atoms with Crippen molar-refractivity contribution in [3.63, 3.8) is 0 Å². The largest absolute Gasteiger partial charge is 0.228 e. The molecule has 0 atom stereocenters. The lowest BCUT2D eigenvalue weighted by atomic mass is 9.82. The van der Waals surface area contributed by atoms with E-state index >= 15 is 0 Å². The van der Waals surface area contributed by atoms with Crippen molar-refractivity contribution in [2.24, 2.45) is 0 Å². The number of aromatic nitrogens is 2. The second-order valence-electron chi connectivity index (χ2n) is 10.3. The van der Waals surface area contributed by atoms with Crippen LogP contribution in [-0.2, 0) is 5.41 Å². The molecule has 5 aromatic carbocycles. The van der Waals surface area contributed by atoms with E-state index in [-0.39, 0.29) is 5.41 Å². The molecule has 2 nitrogen and oxygen atoms in total. The zero-order valence-electron chi connectivity index (χ0n) is 20.9. The fourth-order valence-electron chi connectivity index (χ4n) is 5.82. The molecule has 2 heteroatoms. The fourth-order valence-corrected chi connectivity index (χ4v) is 5.82. The SMILES string of the molecule is CC1(C)c2ccccc2-c2c(-c3ccc(-c4nc(-c5ccccc5)nc5ccccc45)cc3)cccc21. The molecule has 0 radical (unpaired) electrons. The molecule has 0 amide bonds. The maximum Gasteiger partial charge on any atom is 0.160 e. The van der Waals surface area contributed by atoms with Crippen LogP contribution < -0.4 is 0 Å². The zero-order chi connectivity index (χ0) is 25.0. The van der Waals surface area contributed by atoms with Gasteiger partial charge in [0.25, 0.3) is 0 Å². The highest BCUT2D eigenvalue weighted by molar-refractivity contribution is 5.95. The van der Waals surface area contributed by atoms with Gasteiger partial charge in [0.1, 0.15) is 0 Å². The van der Waals surface area contributed by atoms with Crippen molar-refractivity contribution in [2.75, 3.05) is 0 Å². The number of rotatable bonds is 3. The molecule has 1 aliphatic rings. The summed E-state index contributed by atoms with van der Waals surface area (Å²) in [5.41, 5.74) is 12.0. The molecule has 1 heterocycles. The standard InChI is InChI=1S/C35H26N2/c1-35(2)29-16-8-6-13-27(29)32-26(15-10-17-30(32)35)23-19-21-24(22-20-23)33-28-14-7-9-18-31(28)36-34(37-33)25-11-4-3-5-12-25/h3-22H,1-2H3. The summed E-state index contributed by atoms with van der Waals surface area (Å²) < 4.78 is 0. The summed E-state index contributed by atoms with van der Waals surface area (Å²) in [4.78, 5) is 9.90. The van der Waals surface area contributed by atoms with Crippen molar-refractivity contribution in [2.45, 2.75) is 19.3 Å². The molecular formula is C35H26N2. The summed E-state index contributed by atoms with van der Waals surface area (Å²) in [6.45, 7) is 4.66. The van der Waals surface area contributed by atoms with Crippen LogP contribution in [-0.4, -0.2) is 9.97 Å². The van der Waals surface area contributed by atoms with Crippen LogP contribution in [0.5, 0.6) is 0 Å². The Kier molecular flexibility index (Phi) is 4.84. The van der Waals surface area contributed by atoms with E-state index in [1.54, 1.807) is 0 Å². The van der Waals surface area contributed by atoms with Crippen LogP contribution in [0, 0.1) is 0 Å². The highest BCUT2D eigenvalue weighted by atomic mass is 14.9. The predicted octanol–water partition coefficient (Wildman–Crippen LogP) is 8.94. The van der Waals surface area contributed by atoms with E-state index in [9.17, 15) is 0 Å². The monoisotopic (exact) mass is 474 g/mol. The normalized spacial score (nSPS) is 13.4. The van der Waals surface area contributed by atoms with E-state index in [0.717, 1.165) is 33.5 Å². The maximum atomic E-state index is 5.04. The topological polar surface area (TPSA) is 25.8 Å². The Hall–Kier alpha value is -4.56. The Labute approximate surface area is 217 Å². The Morgan fingerprint density at radius 3 is 1.97 bits per heavy atom. The van der Waals surface area contributed by atoms with Gasteiger partial charge in [0.2, 0.25) is 0 Å². The van der Waals surface area contributed by atoms with Crippen molar-refractivity contribution < 1.29 is 0 Å². The van der Waals surface area contributed by atoms with E-state index in [1.165, 1.54) is 33.4 Å². The molecule has 1 aromatic heterocycles. The molecule has 1 aliphatic carbocycles. The van der Waals surface area contributed by atoms with Gasteiger partial charge in [0.15, 0.2) is 5.82 Å². The van der Waals surface area contributed by atoms with Gasteiger partial charge in [-0.15, -0.1) is 0 Å². The Morgan fingerprint density at radius 1 is 0.486 bits per heavy atom. The molecule has 0 saturated heterocycles. The molecule has 0 bridgehead atoms. The highest BCUT2D eigenvalue weighted by Gasteiger charge is 2.36. The lowest BCUT2D eigenvalue weighted by molar-refractivity contribution is 0.660. The molecule has 6 aromatic rings. The second kappa shape index (κ2) is 8.25. The molecule has 37 heavy (non-hydrogen) atoms. The van der Waals surface area contributed by atoms with Gasteiger partial charge in [0, 0.05) is 21.9 Å². The smallest absolute Gasteiger partial charge is 0.160 e. The van der Waals surface area contributed by atoms with E-state index in [2.05, 4.69) is 111 Å². The summed E-state index contributed by atoms with van der Waals surface area (Å²) in [6.07, 6.45) is 0. The summed E-state index contributed by atoms with van der Waals surface area (Å²) in [7, 11) is 0. The molecule has 7 rings (SSSR count). The molecule has 176 valence electrons. The van der Waals surface area contributed by atoms with Crippen LogP contribution >= 0.6 is 0 Å². The minimum atomic E-state index is -0.00437. The lowest BCUT2D eigenvalue weighted by Gasteiger charge is -2.21. The van der Waals surface area contributed by atoms with Gasteiger partial charge < -0.3 is 0 Å². The first-order chi connectivity index (χ1) is 18.1. The molecule has 0 N–H and O–H groups in total. The molecular weight excluding hydrogens is 448 g/mol. The third kappa shape index (κ3) is 3.41. The van der Waals surface area contributed by atoms with Gasteiger partial charge in [-0.3, -0.25) is 0 Å². The molecule has 0 saturated carbocycles. The third-order valence-corrected chi connectivity index (χ3v) is 7.71. The summed E-state index contributed by atoms with van der Waals surface area (Å²) in [6, 6.07) is 42.9. The lowest BCUT2D eigenvalue weighted by Crippen LogP contribution is -2.14. The van der Waals surface area contributed by atoms with Crippen molar-refractivity contribution >= 4 is 10.9 Å². The predicted molar refractivity (Wildman–Crippen MR) is 153 cm³/mol. The molecule has 0 unspecified atom stereocenters. The number of hydrogen-bond donors (Lipinski definition) is 0. The number of hydrogen-bond acceptors (Lipinski definition) is 2. The van der Waals surface area contributed by atoms with E-state index in [4.69, 9.17) is 9.97 Å². The fraction of sp³-hybridized carbons (Fsp3) is 0.0857. The van der Waals surface area contributed by atoms with Crippen LogP contribution in [0.4, 0.5) is 0 Å².